The summed E-state index contributed by atoms with van der Waals surface area (Å²) in [7, 11) is 3.05. The molecule has 0 radical (unpaired) electrons. The van der Waals surface area contributed by atoms with Crippen molar-refractivity contribution >= 4 is 45.8 Å². The monoisotopic (exact) mass is 505 g/mol. The van der Waals surface area contributed by atoms with Gasteiger partial charge in [-0.2, -0.15) is 0 Å². The van der Waals surface area contributed by atoms with Crippen molar-refractivity contribution in [2.75, 3.05) is 25.7 Å². The molecule has 0 aliphatic carbocycles. The van der Waals surface area contributed by atoms with E-state index >= 15 is 0 Å². The second-order valence-corrected chi connectivity index (χ2v) is 8.91. The van der Waals surface area contributed by atoms with Gasteiger partial charge in [-0.3, -0.25) is 14.5 Å². The molecular weight excluding hydrogens is 482 g/mol. The average molecular weight is 506 g/mol. The second-order valence-electron chi connectivity index (χ2n) is 7.93. The number of Topliss-reactive ketones (excluding diaryl/α,β-unsaturated/α-hetero) is 1. The summed E-state index contributed by atoms with van der Waals surface area (Å²) >= 11 is 1.37. The number of rotatable bonds is 7. The van der Waals surface area contributed by atoms with Crippen LogP contribution < -0.4 is 19.1 Å². The Morgan fingerprint density at radius 1 is 1.11 bits per heavy atom. The Balaban J connectivity index is 1.65. The number of nitrogens with one attached hydrogen (secondary N) is 1. The number of anilines is 1. The normalized spacial score (nSPS) is 17.1. The number of aromatic nitrogens is 2. The molecule has 3 heterocycles. The molecule has 184 valence electrons. The first-order valence-corrected chi connectivity index (χ1v) is 12.0. The number of aromatic amines is 1. The van der Waals surface area contributed by atoms with Gasteiger partial charge in [-0.1, -0.05) is 6.07 Å². The lowest BCUT2D eigenvalue weighted by atomic mass is 10.00. The Hall–Kier alpha value is -4.31. The molecule has 5 rings (SSSR count). The third-order valence-corrected chi connectivity index (χ3v) is 6.82. The SMILES string of the molecule is CCOc1ccc(/C(O)=C2\C(=O)C(=O)N(c3nc4cc(OC)c(OC)cc4[nH]3)C2c2cccs2)cc1. The second kappa shape index (κ2) is 9.38. The number of thiophene rings is 1. The third-order valence-electron chi connectivity index (χ3n) is 5.90. The number of imidazole rings is 1. The summed E-state index contributed by atoms with van der Waals surface area (Å²) in [5, 5.41) is 13.1. The van der Waals surface area contributed by atoms with Crippen LogP contribution in [0.5, 0.6) is 17.2 Å². The number of hydrogen-bond donors (Lipinski definition) is 2. The smallest absolute Gasteiger partial charge is 0.302 e. The van der Waals surface area contributed by atoms with Crippen LogP contribution >= 0.6 is 11.3 Å². The molecule has 1 unspecified atom stereocenters. The fourth-order valence-electron chi connectivity index (χ4n) is 4.24. The van der Waals surface area contributed by atoms with Crippen LogP contribution in [-0.2, 0) is 9.59 Å². The highest BCUT2D eigenvalue weighted by Crippen LogP contribution is 2.43. The number of carbonyl (C=O) groups is 2. The number of aliphatic hydroxyl groups is 1. The highest BCUT2D eigenvalue weighted by atomic mass is 32.1. The van der Waals surface area contributed by atoms with E-state index in [-0.39, 0.29) is 17.3 Å². The molecule has 2 N–H and O–H groups in total. The summed E-state index contributed by atoms with van der Waals surface area (Å²) in [6.07, 6.45) is 0. The first-order chi connectivity index (χ1) is 17.5. The molecule has 36 heavy (non-hydrogen) atoms. The summed E-state index contributed by atoms with van der Waals surface area (Å²) in [5.74, 6) is -0.0713. The molecule has 0 bridgehead atoms. The topological polar surface area (TPSA) is 114 Å². The number of benzene rings is 2. The highest BCUT2D eigenvalue weighted by Gasteiger charge is 2.48. The number of methoxy groups -OCH3 is 2. The molecule has 1 atom stereocenters. The number of ketones is 1. The van der Waals surface area contributed by atoms with Gasteiger partial charge in [0.2, 0.25) is 5.95 Å². The highest BCUT2D eigenvalue weighted by molar-refractivity contribution is 7.10. The van der Waals surface area contributed by atoms with E-state index in [0.29, 0.717) is 45.3 Å². The van der Waals surface area contributed by atoms with Crippen LogP contribution in [-0.4, -0.2) is 47.6 Å². The number of hydrogen-bond acceptors (Lipinski definition) is 8. The molecule has 0 spiro atoms. The van der Waals surface area contributed by atoms with Gasteiger partial charge in [0, 0.05) is 22.6 Å². The number of carbonyl (C=O) groups excluding carboxylic acids is 2. The zero-order chi connectivity index (χ0) is 25.4. The van der Waals surface area contributed by atoms with Crippen molar-refractivity contribution in [2.45, 2.75) is 13.0 Å². The van der Waals surface area contributed by atoms with Crippen LogP contribution in [0.1, 0.15) is 23.4 Å². The molecule has 1 aliphatic heterocycles. The Morgan fingerprint density at radius 3 is 2.47 bits per heavy atom. The Kier molecular flexibility index (Phi) is 6.11. The summed E-state index contributed by atoms with van der Waals surface area (Å²) in [5.41, 5.74) is 1.52. The van der Waals surface area contributed by atoms with Crippen molar-refractivity contribution in [2.24, 2.45) is 0 Å². The lowest BCUT2D eigenvalue weighted by molar-refractivity contribution is -0.132. The van der Waals surface area contributed by atoms with Crippen molar-refractivity contribution in [3.05, 3.63) is 69.9 Å². The minimum atomic E-state index is -0.860. The van der Waals surface area contributed by atoms with Crippen LogP contribution in [0.15, 0.2) is 59.5 Å². The fraction of sp³-hybridized carbons (Fsp3) is 0.192. The Bertz CT molecular complexity index is 1430. The zero-order valence-electron chi connectivity index (χ0n) is 19.8. The Morgan fingerprint density at radius 2 is 1.83 bits per heavy atom. The quantitative estimate of drug-likeness (QED) is 0.213. The number of ether oxygens (including phenoxy) is 3. The molecule has 4 aromatic rings. The van der Waals surface area contributed by atoms with E-state index in [1.807, 2.05) is 24.4 Å². The van der Waals surface area contributed by atoms with E-state index in [9.17, 15) is 14.7 Å². The standard InChI is InChI=1S/C26H23N3O6S/c1-4-35-15-9-7-14(8-10-15)23(30)21-22(20-6-5-11-36-20)29(25(32)24(21)31)26-27-16-12-18(33-2)19(34-3)13-17(16)28-26/h5-13,22,30H,4H2,1-3H3,(H,27,28)/b23-21+. The molecule has 1 saturated heterocycles. The average Bonchev–Trinajstić information content (AvgIpc) is 3.62. The summed E-state index contributed by atoms with van der Waals surface area (Å²) in [6.45, 7) is 2.38. The van der Waals surface area contributed by atoms with Crippen molar-refractivity contribution in [3.63, 3.8) is 0 Å². The predicted octanol–water partition coefficient (Wildman–Crippen LogP) is 4.67. The van der Waals surface area contributed by atoms with E-state index in [4.69, 9.17) is 14.2 Å². The van der Waals surface area contributed by atoms with Gasteiger partial charge >= 0.3 is 5.91 Å². The van der Waals surface area contributed by atoms with Gasteiger partial charge in [0.05, 0.1) is 37.4 Å². The summed E-state index contributed by atoms with van der Waals surface area (Å²) in [6, 6.07) is 12.9. The summed E-state index contributed by atoms with van der Waals surface area (Å²) in [4.78, 5) is 36.3. The lowest BCUT2D eigenvalue weighted by Crippen LogP contribution is -2.30. The third kappa shape index (κ3) is 3.85. The lowest BCUT2D eigenvalue weighted by Gasteiger charge is -2.21. The molecule has 9 nitrogen and oxygen atoms in total. The van der Waals surface area contributed by atoms with Crippen LogP contribution in [0.3, 0.4) is 0 Å². The fourth-order valence-corrected chi connectivity index (χ4v) is 5.06. The molecule has 10 heteroatoms. The number of nitrogens with zero attached hydrogens (tertiary/aromatic N) is 2. The predicted molar refractivity (Wildman–Crippen MR) is 136 cm³/mol. The van der Waals surface area contributed by atoms with Gasteiger partial charge in [-0.05, 0) is 42.6 Å². The van der Waals surface area contributed by atoms with Crippen molar-refractivity contribution in [1.29, 1.82) is 0 Å². The Labute approximate surface area is 210 Å². The molecule has 1 aliphatic rings. The molecule has 1 amide bonds. The zero-order valence-corrected chi connectivity index (χ0v) is 20.6. The number of H-pyrrole nitrogens is 1. The molecule has 1 fully saturated rings. The maximum atomic E-state index is 13.3. The number of amides is 1. The minimum absolute atomic E-state index is 0.0118. The van der Waals surface area contributed by atoms with Gasteiger partial charge in [0.25, 0.3) is 5.78 Å². The van der Waals surface area contributed by atoms with Crippen LogP contribution in [0.4, 0.5) is 5.95 Å². The van der Waals surface area contributed by atoms with E-state index in [0.717, 1.165) is 0 Å². The number of fused-ring (bicyclic) bond motifs is 1. The van der Waals surface area contributed by atoms with Crippen LogP contribution in [0.25, 0.3) is 16.8 Å². The van der Waals surface area contributed by atoms with Gasteiger partial charge in [0.1, 0.15) is 17.6 Å². The van der Waals surface area contributed by atoms with Gasteiger partial charge < -0.3 is 24.3 Å². The molecule has 0 saturated carbocycles. The van der Waals surface area contributed by atoms with Crippen molar-refractivity contribution in [1.82, 2.24) is 9.97 Å². The van der Waals surface area contributed by atoms with Gasteiger partial charge in [0.15, 0.2) is 11.5 Å². The largest absolute Gasteiger partial charge is 0.507 e. The van der Waals surface area contributed by atoms with Crippen LogP contribution in [0, 0.1) is 0 Å². The van der Waals surface area contributed by atoms with Crippen molar-refractivity contribution in [3.8, 4) is 17.2 Å². The van der Waals surface area contributed by atoms with E-state index in [1.54, 1.807) is 36.4 Å². The maximum absolute atomic E-state index is 13.3. The first-order valence-electron chi connectivity index (χ1n) is 11.2. The molecular formula is C26H23N3O6S. The molecule has 2 aromatic heterocycles. The van der Waals surface area contributed by atoms with E-state index in [1.165, 1.54) is 30.5 Å². The van der Waals surface area contributed by atoms with Crippen LogP contribution in [0.2, 0.25) is 0 Å². The van der Waals surface area contributed by atoms with Crippen molar-refractivity contribution < 1.29 is 28.9 Å². The maximum Gasteiger partial charge on any atom is 0.302 e. The van der Waals surface area contributed by atoms with E-state index in [2.05, 4.69) is 9.97 Å². The van der Waals surface area contributed by atoms with Gasteiger partial charge in [-0.15, -0.1) is 11.3 Å². The van der Waals surface area contributed by atoms with Gasteiger partial charge in [-0.25, -0.2) is 4.98 Å². The van der Waals surface area contributed by atoms with E-state index < -0.39 is 17.7 Å². The number of aliphatic hydroxyl groups excluding tert-OH is 1. The summed E-state index contributed by atoms with van der Waals surface area (Å²) < 4.78 is 16.2. The first kappa shape index (κ1) is 23.4. The molecule has 2 aromatic carbocycles. The minimum Gasteiger partial charge on any atom is -0.507 e.